The van der Waals surface area contributed by atoms with Crippen molar-refractivity contribution in [3.05, 3.63) is 59.9 Å². The average molecular weight is 378 g/mol. The Labute approximate surface area is 165 Å². The maximum Gasteiger partial charge on any atom is 0.257 e. The fourth-order valence-electron chi connectivity index (χ4n) is 3.55. The highest BCUT2D eigenvalue weighted by Gasteiger charge is 2.26. The van der Waals surface area contributed by atoms with Gasteiger partial charge in [0, 0.05) is 42.8 Å². The molecule has 6 heteroatoms. The molecular weight excluding hydrogens is 352 g/mol. The van der Waals surface area contributed by atoms with Gasteiger partial charge in [-0.25, -0.2) is 0 Å². The van der Waals surface area contributed by atoms with E-state index in [-0.39, 0.29) is 11.8 Å². The normalized spacial score (nSPS) is 17.4. The highest BCUT2D eigenvalue weighted by molar-refractivity contribution is 6.04. The van der Waals surface area contributed by atoms with E-state index in [0.717, 1.165) is 38.4 Å². The highest BCUT2D eigenvalue weighted by Crippen LogP contribution is 2.28. The molecule has 28 heavy (non-hydrogen) atoms. The second-order valence-electron chi connectivity index (χ2n) is 7.69. The quantitative estimate of drug-likeness (QED) is 0.811. The molecular formula is C22H26N4O2. The summed E-state index contributed by atoms with van der Waals surface area (Å²) in [4.78, 5) is 31.0. The first kappa shape index (κ1) is 18.6. The smallest absolute Gasteiger partial charge is 0.257 e. The molecule has 4 rings (SSSR count). The lowest BCUT2D eigenvalue weighted by Gasteiger charge is -2.32. The van der Waals surface area contributed by atoms with Crippen LogP contribution < -0.4 is 10.6 Å². The van der Waals surface area contributed by atoms with Crippen molar-refractivity contribution < 1.29 is 9.59 Å². The molecule has 0 bridgehead atoms. The van der Waals surface area contributed by atoms with Crippen molar-refractivity contribution in [3.8, 4) is 0 Å². The number of carbonyl (C=O) groups excluding carboxylic acids is 2. The van der Waals surface area contributed by atoms with Crippen LogP contribution in [-0.2, 0) is 0 Å². The lowest BCUT2D eigenvalue weighted by Crippen LogP contribution is -2.45. The molecule has 2 aromatic rings. The topological polar surface area (TPSA) is 74.3 Å². The predicted molar refractivity (Wildman–Crippen MR) is 108 cm³/mol. The summed E-state index contributed by atoms with van der Waals surface area (Å²) >= 11 is 0. The predicted octanol–water partition coefficient (Wildman–Crippen LogP) is 2.94. The SMILES string of the molecule is O=C(Nc1cccc(C(=O)N2CCC(NCC3CC3)CC2)c1)c1cccnc1. The molecule has 1 aromatic carbocycles. The summed E-state index contributed by atoms with van der Waals surface area (Å²) in [6.07, 6.45) is 7.86. The Morgan fingerprint density at radius 2 is 1.82 bits per heavy atom. The number of nitrogens with zero attached hydrogens (tertiary/aromatic N) is 2. The Balaban J connectivity index is 1.33. The molecule has 146 valence electrons. The lowest BCUT2D eigenvalue weighted by molar-refractivity contribution is 0.0704. The number of piperidine rings is 1. The third-order valence-corrected chi connectivity index (χ3v) is 5.47. The Morgan fingerprint density at radius 3 is 2.54 bits per heavy atom. The molecule has 6 nitrogen and oxygen atoms in total. The molecule has 1 aliphatic carbocycles. The monoisotopic (exact) mass is 378 g/mol. The largest absolute Gasteiger partial charge is 0.339 e. The van der Waals surface area contributed by atoms with E-state index in [1.807, 2.05) is 4.90 Å². The van der Waals surface area contributed by atoms with Gasteiger partial charge in [0.2, 0.25) is 0 Å². The van der Waals surface area contributed by atoms with Gasteiger partial charge in [0.05, 0.1) is 5.56 Å². The van der Waals surface area contributed by atoms with Crippen molar-refractivity contribution in [1.29, 1.82) is 0 Å². The van der Waals surface area contributed by atoms with E-state index in [1.54, 1.807) is 42.6 Å². The highest BCUT2D eigenvalue weighted by atomic mass is 16.2. The molecule has 2 N–H and O–H groups in total. The molecule has 1 aliphatic heterocycles. The first-order chi connectivity index (χ1) is 13.7. The summed E-state index contributed by atoms with van der Waals surface area (Å²) in [5, 5.41) is 6.48. The number of aromatic nitrogens is 1. The van der Waals surface area contributed by atoms with Gasteiger partial charge in [0.15, 0.2) is 0 Å². The first-order valence-electron chi connectivity index (χ1n) is 10.0. The molecule has 0 spiro atoms. The molecule has 0 unspecified atom stereocenters. The minimum atomic E-state index is -0.236. The van der Waals surface area contributed by atoms with Gasteiger partial charge in [-0.1, -0.05) is 6.07 Å². The minimum absolute atomic E-state index is 0.0260. The summed E-state index contributed by atoms with van der Waals surface area (Å²) in [5.41, 5.74) is 1.70. The molecule has 1 saturated carbocycles. The molecule has 1 saturated heterocycles. The van der Waals surface area contributed by atoms with Crippen molar-refractivity contribution in [2.24, 2.45) is 5.92 Å². The van der Waals surface area contributed by atoms with Crippen LogP contribution in [0, 0.1) is 5.92 Å². The molecule has 0 atom stereocenters. The Morgan fingerprint density at radius 1 is 1.04 bits per heavy atom. The number of amides is 2. The first-order valence-corrected chi connectivity index (χ1v) is 10.0. The number of hydrogen-bond donors (Lipinski definition) is 2. The number of likely N-dealkylation sites (tertiary alicyclic amines) is 1. The van der Waals surface area contributed by atoms with Crippen LogP contribution >= 0.6 is 0 Å². The van der Waals surface area contributed by atoms with Crippen LogP contribution in [0.4, 0.5) is 5.69 Å². The van der Waals surface area contributed by atoms with Crippen molar-refractivity contribution in [1.82, 2.24) is 15.2 Å². The molecule has 2 amide bonds. The van der Waals surface area contributed by atoms with Crippen LogP contribution in [-0.4, -0.2) is 47.4 Å². The third kappa shape index (κ3) is 4.75. The number of carbonyl (C=O) groups is 2. The number of nitrogens with one attached hydrogen (secondary N) is 2. The lowest BCUT2D eigenvalue weighted by atomic mass is 10.0. The van der Waals surface area contributed by atoms with Crippen molar-refractivity contribution in [2.45, 2.75) is 31.7 Å². The van der Waals surface area contributed by atoms with Crippen LogP contribution in [0.15, 0.2) is 48.8 Å². The van der Waals surface area contributed by atoms with E-state index in [2.05, 4.69) is 15.6 Å². The number of pyridine rings is 1. The van der Waals surface area contributed by atoms with Crippen molar-refractivity contribution in [2.75, 3.05) is 25.0 Å². The second-order valence-corrected chi connectivity index (χ2v) is 7.69. The van der Waals surface area contributed by atoms with Crippen LogP contribution in [0.25, 0.3) is 0 Å². The summed E-state index contributed by atoms with van der Waals surface area (Å²) < 4.78 is 0. The maximum atomic E-state index is 12.9. The molecule has 2 heterocycles. The van der Waals surface area contributed by atoms with Gasteiger partial charge < -0.3 is 15.5 Å². The van der Waals surface area contributed by atoms with Gasteiger partial charge >= 0.3 is 0 Å². The minimum Gasteiger partial charge on any atom is -0.339 e. The number of benzene rings is 1. The zero-order chi connectivity index (χ0) is 19.3. The van der Waals surface area contributed by atoms with E-state index >= 15 is 0 Å². The van der Waals surface area contributed by atoms with Gasteiger partial charge in [0.1, 0.15) is 0 Å². The summed E-state index contributed by atoms with van der Waals surface area (Å²) in [6, 6.07) is 11.1. The standard InChI is InChI=1S/C22H26N4O2/c27-21(18-4-2-10-23-15-18)25-20-5-1-3-17(13-20)22(28)26-11-8-19(9-12-26)24-14-16-6-7-16/h1-5,10,13,15-16,19,24H,6-9,11-12,14H2,(H,25,27). The third-order valence-electron chi connectivity index (χ3n) is 5.47. The zero-order valence-corrected chi connectivity index (χ0v) is 15.9. The maximum absolute atomic E-state index is 12.9. The fourth-order valence-corrected chi connectivity index (χ4v) is 3.55. The molecule has 1 aromatic heterocycles. The van der Waals surface area contributed by atoms with E-state index in [4.69, 9.17) is 0 Å². The van der Waals surface area contributed by atoms with Crippen LogP contribution in [0.1, 0.15) is 46.4 Å². The Kier molecular flexibility index (Phi) is 5.67. The van der Waals surface area contributed by atoms with E-state index in [9.17, 15) is 9.59 Å². The number of hydrogen-bond acceptors (Lipinski definition) is 4. The van der Waals surface area contributed by atoms with Crippen molar-refractivity contribution >= 4 is 17.5 Å². The van der Waals surface area contributed by atoms with Crippen LogP contribution in [0.5, 0.6) is 0 Å². The second kappa shape index (κ2) is 8.52. The van der Waals surface area contributed by atoms with E-state index < -0.39 is 0 Å². The van der Waals surface area contributed by atoms with Crippen molar-refractivity contribution in [3.63, 3.8) is 0 Å². The average Bonchev–Trinajstić information content (AvgIpc) is 3.57. The summed E-state index contributed by atoms with van der Waals surface area (Å²) in [6.45, 7) is 2.66. The Bertz CT molecular complexity index is 827. The molecule has 0 radical (unpaired) electrons. The number of rotatable bonds is 6. The van der Waals surface area contributed by atoms with Gasteiger partial charge in [-0.3, -0.25) is 14.6 Å². The van der Waals surface area contributed by atoms with Gasteiger partial charge in [-0.2, -0.15) is 0 Å². The van der Waals surface area contributed by atoms with Gasteiger partial charge in [-0.15, -0.1) is 0 Å². The van der Waals surface area contributed by atoms with Crippen LogP contribution in [0.2, 0.25) is 0 Å². The van der Waals surface area contributed by atoms with E-state index in [1.165, 1.54) is 19.0 Å². The molecule has 2 aliphatic rings. The van der Waals surface area contributed by atoms with Gasteiger partial charge in [0.25, 0.3) is 11.8 Å². The number of anilines is 1. The molecule has 2 fully saturated rings. The van der Waals surface area contributed by atoms with E-state index in [0.29, 0.717) is 22.9 Å². The fraction of sp³-hybridized carbons (Fsp3) is 0.409. The Hall–Kier alpha value is -2.73. The van der Waals surface area contributed by atoms with Crippen LogP contribution in [0.3, 0.4) is 0 Å². The summed E-state index contributed by atoms with van der Waals surface area (Å²) in [7, 11) is 0. The zero-order valence-electron chi connectivity index (χ0n) is 15.9. The summed E-state index contributed by atoms with van der Waals surface area (Å²) in [5.74, 6) is 0.669. The van der Waals surface area contributed by atoms with Gasteiger partial charge in [-0.05, 0) is 68.5 Å².